The molecule has 3 aromatic rings. The molecule has 6 heteroatoms. The predicted molar refractivity (Wildman–Crippen MR) is 69.4 cm³/mol. The number of carboxylic acid groups (broad SMARTS) is 1. The number of fused-ring (bicyclic) bond motifs is 1. The van der Waals surface area contributed by atoms with Crippen molar-refractivity contribution in [3.05, 3.63) is 42.2 Å². The number of hydrogen-bond acceptors (Lipinski definition) is 5. The van der Waals surface area contributed by atoms with Crippen molar-refractivity contribution >= 4 is 39.3 Å². The van der Waals surface area contributed by atoms with E-state index >= 15 is 0 Å². The maximum absolute atomic E-state index is 10.7. The number of hydrogen-bond donors (Lipinski definition) is 1. The second-order valence-electron chi connectivity index (χ2n) is 3.47. The molecule has 2 heterocycles. The number of thiazole rings is 1. The number of nitrogens with zero attached hydrogens (tertiary/aromatic N) is 1. The van der Waals surface area contributed by atoms with Gasteiger partial charge in [-0.25, -0.2) is 9.78 Å². The lowest BCUT2D eigenvalue weighted by Crippen LogP contribution is -1.91. The Labute approximate surface area is 110 Å². The van der Waals surface area contributed by atoms with E-state index in [9.17, 15) is 4.79 Å². The fraction of sp³-hybridized carbons (Fsp3) is 0. The number of furan rings is 1. The summed E-state index contributed by atoms with van der Waals surface area (Å²) in [6, 6.07) is 10.9. The summed E-state index contributed by atoms with van der Waals surface area (Å²) in [6.07, 6.45) is 0. The zero-order chi connectivity index (χ0) is 12.5. The minimum Gasteiger partial charge on any atom is -0.475 e. The monoisotopic (exact) mass is 277 g/mol. The highest BCUT2D eigenvalue weighted by Crippen LogP contribution is 2.34. The van der Waals surface area contributed by atoms with Crippen LogP contribution in [0.4, 0.5) is 0 Å². The summed E-state index contributed by atoms with van der Waals surface area (Å²) in [6.45, 7) is 0. The first-order valence-electron chi connectivity index (χ1n) is 5.09. The van der Waals surface area contributed by atoms with Gasteiger partial charge in [0.05, 0.1) is 10.2 Å². The van der Waals surface area contributed by atoms with Gasteiger partial charge < -0.3 is 9.52 Å². The summed E-state index contributed by atoms with van der Waals surface area (Å²) in [7, 11) is 0. The molecule has 1 aromatic carbocycles. The van der Waals surface area contributed by atoms with Gasteiger partial charge in [0.25, 0.3) is 0 Å². The van der Waals surface area contributed by atoms with Gasteiger partial charge in [-0.15, -0.1) is 11.3 Å². The average molecular weight is 277 g/mol. The third-order valence-electron chi connectivity index (χ3n) is 2.25. The molecule has 2 aromatic heterocycles. The highest BCUT2D eigenvalue weighted by Gasteiger charge is 2.12. The number of benzene rings is 1. The molecule has 90 valence electrons. The van der Waals surface area contributed by atoms with E-state index in [4.69, 9.17) is 9.52 Å². The van der Waals surface area contributed by atoms with Gasteiger partial charge in [0.15, 0.2) is 9.43 Å². The summed E-state index contributed by atoms with van der Waals surface area (Å²) in [5.74, 6) is -1.12. The van der Waals surface area contributed by atoms with Crippen molar-refractivity contribution in [3.63, 3.8) is 0 Å². The van der Waals surface area contributed by atoms with E-state index in [-0.39, 0.29) is 5.76 Å². The molecule has 0 aliphatic heterocycles. The summed E-state index contributed by atoms with van der Waals surface area (Å²) in [5.41, 5.74) is 0.940. The summed E-state index contributed by atoms with van der Waals surface area (Å²) in [4.78, 5) is 15.1. The van der Waals surface area contributed by atoms with Gasteiger partial charge in [-0.2, -0.15) is 0 Å². The van der Waals surface area contributed by atoms with Gasteiger partial charge in [-0.05, 0) is 36.0 Å². The molecular formula is C12H7NO3S2. The van der Waals surface area contributed by atoms with E-state index in [1.165, 1.54) is 17.8 Å². The molecule has 0 fully saturated rings. The van der Waals surface area contributed by atoms with Crippen molar-refractivity contribution in [1.29, 1.82) is 0 Å². The molecule has 4 nitrogen and oxygen atoms in total. The van der Waals surface area contributed by atoms with Crippen molar-refractivity contribution < 1.29 is 14.3 Å². The molecular weight excluding hydrogens is 270 g/mol. The largest absolute Gasteiger partial charge is 0.475 e. The van der Waals surface area contributed by atoms with Crippen LogP contribution in [0.15, 0.2) is 50.2 Å². The number of carboxylic acids is 1. The van der Waals surface area contributed by atoms with Crippen molar-refractivity contribution in [2.24, 2.45) is 0 Å². The Bertz CT molecular complexity index is 684. The number of para-hydroxylation sites is 1. The third-order valence-corrected chi connectivity index (χ3v) is 4.27. The number of rotatable bonds is 3. The highest BCUT2D eigenvalue weighted by atomic mass is 32.2. The smallest absolute Gasteiger partial charge is 0.371 e. The average Bonchev–Trinajstić information content (AvgIpc) is 2.94. The zero-order valence-corrected chi connectivity index (χ0v) is 10.6. The van der Waals surface area contributed by atoms with Crippen LogP contribution in [-0.4, -0.2) is 16.1 Å². The Morgan fingerprint density at radius 1 is 1.28 bits per heavy atom. The SMILES string of the molecule is O=C(O)c1ccc(Sc2nc3ccccc3s2)o1. The molecule has 0 saturated heterocycles. The van der Waals surface area contributed by atoms with Gasteiger partial charge in [0, 0.05) is 0 Å². The molecule has 0 aliphatic carbocycles. The molecule has 0 aliphatic rings. The standard InChI is InChI=1S/C12H7NO3S2/c14-11(15)8-5-6-10(16-8)18-12-13-7-3-1-2-4-9(7)17-12/h1-6H,(H,14,15). The summed E-state index contributed by atoms with van der Waals surface area (Å²) in [5, 5.41) is 9.30. The first kappa shape index (κ1) is 11.3. The van der Waals surface area contributed by atoms with Crippen molar-refractivity contribution in [1.82, 2.24) is 4.98 Å². The molecule has 0 unspecified atom stereocenters. The van der Waals surface area contributed by atoms with E-state index in [0.29, 0.717) is 5.09 Å². The van der Waals surface area contributed by atoms with Crippen LogP contribution in [0, 0.1) is 0 Å². The van der Waals surface area contributed by atoms with E-state index in [1.54, 1.807) is 17.4 Å². The normalized spacial score (nSPS) is 10.9. The van der Waals surface area contributed by atoms with Crippen LogP contribution in [0.5, 0.6) is 0 Å². The first-order valence-corrected chi connectivity index (χ1v) is 6.72. The topological polar surface area (TPSA) is 63.3 Å². The van der Waals surface area contributed by atoms with Crippen LogP contribution >= 0.6 is 23.1 Å². The Balaban J connectivity index is 1.88. The second kappa shape index (κ2) is 4.47. The van der Waals surface area contributed by atoms with Gasteiger partial charge in [0.2, 0.25) is 5.76 Å². The molecule has 3 rings (SSSR count). The highest BCUT2D eigenvalue weighted by molar-refractivity contribution is 8.01. The van der Waals surface area contributed by atoms with Crippen LogP contribution in [0.2, 0.25) is 0 Å². The molecule has 0 saturated carbocycles. The lowest BCUT2D eigenvalue weighted by Gasteiger charge is -1.90. The minimum atomic E-state index is -1.06. The Kier molecular flexibility index (Phi) is 2.81. The van der Waals surface area contributed by atoms with Crippen LogP contribution in [0.25, 0.3) is 10.2 Å². The Morgan fingerprint density at radius 3 is 2.83 bits per heavy atom. The van der Waals surface area contributed by atoms with Crippen molar-refractivity contribution in [2.75, 3.05) is 0 Å². The molecule has 0 spiro atoms. The first-order chi connectivity index (χ1) is 8.72. The molecule has 0 atom stereocenters. The maximum atomic E-state index is 10.7. The van der Waals surface area contributed by atoms with Gasteiger partial charge >= 0.3 is 5.97 Å². The van der Waals surface area contributed by atoms with Crippen LogP contribution in [0.3, 0.4) is 0 Å². The molecule has 1 N–H and O–H groups in total. The van der Waals surface area contributed by atoms with E-state index < -0.39 is 5.97 Å². The molecule has 0 amide bonds. The van der Waals surface area contributed by atoms with Crippen LogP contribution in [-0.2, 0) is 0 Å². The van der Waals surface area contributed by atoms with Crippen LogP contribution in [0.1, 0.15) is 10.6 Å². The van der Waals surface area contributed by atoms with Crippen LogP contribution < -0.4 is 0 Å². The summed E-state index contributed by atoms with van der Waals surface area (Å²) >= 11 is 2.88. The third kappa shape index (κ3) is 2.12. The predicted octanol–water partition coefficient (Wildman–Crippen LogP) is 3.74. The fourth-order valence-corrected chi connectivity index (χ4v) is 3.43. The van der Waals surface area contributed by atoms with E-state index in [1.807, 2.05) is 24.3 Å². The summed E-state index contributed by atoms with van der Waals surface area (Å²) < 4.78 is 7.11. The maximum Gasteiger partial charge on any atom is 0.371 e. The molecule has 0 radical (unpaired) electrons. The number of carbonyl (C=O) groups is 1. The lowest BCUT2D eigenvalue weighted by molar-refractivity contribution is 0.0656. The lowest BCUT2D eigenvalue weighted by atomic mass is 10.3. The van der Waals surface area contributed by atoms with Gasteiger partial charge in [-0.1, -0.05) is 12.1 Å². The van der Waals surface area contributed by atoms with E-state index in [2.05, 4.69) is 4.98 Å². The number of aromatic carboxylic acids is 1. The zero-order valence-electron chi connectivity index (χ0n) is 8.99. The fourth-order valence-electron chi connectivity index (χ4n) is 1.47. The second-order valence-corrected chi connectivity index (χ2v) is 5.76. The Hall–Kier alpha value is -1.79. The van der Waals surface area contributed by atoms with Crippen molar-refractivity contribution in [3.8, 4) is 0 Å². The molecule has 18 heavy (non-hydrogen) atoms. The Morgan fingerprint density at radius 2 is 2.11 bits per heavy atom. The van der Waals surface area contributed by atoms with Crippen molar-refractivity contribution in [2.45, 2.75) is 9.43 Å². The number of aromatic nitrogens is 1. The molecule has 0 bridgehead atoms. The van der Waals surface area contributed by atoms with Gasteiger partial charge in [0.1, 0.15) is 0 Å². The van der Waals surface area contributed by atoms with E-state index in [0.717, 1.165) is 14.6 Å². The minimum absolute atomic E-state index is 0.0568. The van der Waals surface area contributed by atoms with Gasteiger partial charge in [-0.3, -0.25) is 0 Å². The quantitative estimate of drug-likeness (QED) is 0.790.